The second-order valence-electron chi connectivity index (χ2n) is 6.95. The first kappa shape index (κ1) is 17.9. The zero-order chi connectivity index (χ0) is 20.3. The van der Waals surface area contributed by atoms with E-state index in [1.807, 2.05) is 24.4 Å². The van der Waals surface area contributed by atoms with Crippen LogP contribution in [0, 0.1) is 0 Å². The molecule has 30 heavy (non-hydrogen) atoms. The molecule has 9 heteroatoms. The summed E-state index contributed by atoms with van der Waals surface area (Å²) in [6, 6.07) is 11.6. The molecule has 0 bridgehead atoms. The van der Waals surface area contributed by atoms with Gasteiger partial charge in [-0.1, -0.05) is 18.2 Å². The lowest BCUT2D eigenvalue weighted by Gasteiger charge is -2.09. The van der Waals surface area contributed by atoms with Crippen LogP contribution in [-0.2, 0) is 13.0 Å². The minimum atomic E-state index is -0.136. The Morgan fingerprint density at radius 1 is 1.00 bits per heavy atom. The number of para-hydroxylation sites is 1. The summed E-state index contributed by atoms with van der Waals surface area (Å²) >= 11 is 0. The van der Waals surface area contributed by atoms with Crippen molar-refractivity contribution in [2.24, 2.45) is 0 Å². The Kier molecular flexibility index (Phi) is 4.60. The lowest BCUT2D eigenvalue weighted by molar-refractivity contribution is 0.991. The number of nitrogens with one attached hydrogen (secondary N) is 5. The predicted octanol–water partition coefficient (Wildman–Crippen LogP) is 2.79. The molecule has 5 aromatic rings. The van der Waals surface area contributed by atoms with Gasteiger partial charge in [-0.05, 0) is 29.7 Å². The van der Waals surface area contributed by atoms with Crippen LogP contribution in [0.2, 0.25) is 0 Å². The number of hydrogen-bond acceptors (Lipinski definition) is 6. The number of H-pyrrole nitrogens is 3. The first-order chi connectivity index (χ1) is 14.8. The van der Waals surface area contributed by atoms with Gasteiger partial charge in [-0.3, -0.25) is 4.79 Å². The van der Waals surface area contributed by atoms with E-state index < -0.39 is 0 Å². The maximum absolute atomic E-state index is 11.5. The summed E-state index contributed by atoms with van der Waals surface area (Å²) < 4.78 is 0. The monoisotopic (exact) mass is 400 g/mol. The van der Waals surface area contributed by atoms with Gasteiger partial charge in [0, 0.05) is 42.5 Å². The highest BCUT2D eigenvalue weighted by Crippen LogP contribution is 2.20. The molecule has 0 unspecified atom stereocenters. The summed E-state index contributed by atoms with van der Waals surface area (Å²) in [5, 5.41) is 7.78. The average molecular weight is 400 g/mol. The van der Waals surface area contributed by atoms with E-state index in [-0.39, 0.29) is 5.56 Å². The van der Waals surface area contributed by atoms with Crippen LogP contribution in [0.15, 0.2) is 59.9 Å². The highest BCUT2D eigenvalue weighted by atomic mass is 16.1. The van der Waals surface area contributed by atoms with Crippen molar-refractivity contribution in [3.63, 3.8) is 0 Å². The van der Waals surface area contributed by atoms with Crippen molar-refractivity contribution in [3.8, 4) is 0 Å². The van der Waals surface area contributed by atoms with Gasteiger partial charge >= 0.3 is 0 Å². The molecular formula is C21H20N8O. The number of rotatable bonds is 7. The normalized spacial score (nSPS) is 11.2. The molecule has 0 radical (unpaired) electrons. The van der Waals surface area contributed by atoms with E-state index in [2.05, 4.69) is 52.7 Å². The molecule has 0 amide bonds. The van der Waals surface area contributed by atoms with E-state index in [0.29, 0.717) is 30.5 Å². The molecule has 0 atom stereocenters. The van der Waals surface area contributed by atoms with Crippen molar-refractivity contribution in [1.82, 2.24) is 29.9 Å². The van der Waals surface area contributed by atoms with Crippen molar-refractivity contribution in [3.05, 3.63) is 76.6 Å². The summed E-state index contributed by atoms with van der Waals surface area (Å²) in [4.78, 5) is 33.8. The molecule has 0 fully saturated rings. The minimum absolute atomic E-state index is 0.136. The Hall–Kier alpha value is -4.14. The van der Waals surface area contributed by atoms with Crippen LogP contribution >= 0.6 is 0 Å². The zero-order valence-electron chi connectivity index (χ0n) is 16.1. The number of pyridine rings is 1. The van der Waals surface area contributed by atoms with E-state index in [9.17, 15) is 4.79 Å². The van der Waals surface area contributed by atoms with Gasteiger partial charge < -0.3 is 25.6 Å². The fourth-order valence-corrected chi connectivity index (χ4v) is 3.47. The fraction of sp³-hybridized carbons (Fsp3) is 0.143. The molecule has 0 spiro atoms. The van der Waals surface area contributed by atoms with Crippen molar-refractivity contribution in [2.45, 2.75) is 13.0 Å². The molecule has 0 aliphatic heterocycles. The molecule has 150 valence electrons. The number of aromatic amines is 3. The number of fused-ring (bicyclic) bond motifs is 2. The van der Waals surface area contributed by atoms with Crippen LogP contribution in [0.3, 0.4) is 0 Å². The Balaban J connectivity index is 1.31. The number of aromatic nitrogens is 6. The van der Waals surface area contributed by atoms with Crippen LogP contribution < -0.4 is 16.2 Å². The molecule has 0 aliphatic carbocycles. The fourth-order valence-electron chi connectivity index (χ4n) is 3.47. The van der Waals surface area contributed by atoms with Crippen molar-refractivity contribution in [1.29, 1.82) is 0 Å². The molecule has 4 heterocycles. The Morgan fingerprint density at radius 2 is 1.93 bits per heavy atom. The third kappa shape index (κ3) is 3.60. The van der Waals surface area contributed by atoms with Crippen LogP contribution in [0.25, 0.3) is 22.1 Å². The molecule has 5 N–H and O–H groups in total. The van der Waals surface area contributed by atoms with Crippen molar-refractivity contribution in [2.75, 3.05) is 17.2 Å². The average Bonchev–Trinajstić information content (AvgIpc) is 3.39. The molecule has 0 saturated heterocycles. The first-order valence-corrected chi connectivity index (χ1v) is 9.68. The van der Waals surface area contributed by atoms with Gasteiger partial charge in [-0.2, -0.15) is 9.97 Å². The third-order valence-electron chi connectivity index (χ3n) is 4.94. The largest absolute Gasteiger partial charge is 0.364 e. The van der Waals surface area contributed by atoms with Gasteiger partial charge in [0.15, 0.2) is 11.5 Å². The summed E-state index contributed by atoms with van der Waals surface area (Å²) in [5.74, 6) is 1.13. The number of imidazole rings is 1. The van der Waals surface area contributed by atoms with Gasteiger partial charge in [-0.15, -0.1) is 0 Å². The standard InChI is InChI=1S/C21H20N8O/c30-17-9-13(5-7-22-17)10-25-19-18-20(27-12-26-18)29-21(28-19)23-8-6-14-11-24-16-4-2-1-3-15(14)16/h1-5,7,9,11-12,24H,6,8,10H2,(H,22,30)(H3,23,25,26,27,28,29). The molecule has 0 aliphatic rings. The number of anilines is 2. The predicted molar refractivity (Wildman–Crippen MR) is 117 cm³/mol. The van der Waals surface area contributed by atoms with Crippen LogP contribution in [0.1, 0.15) is 11.1 Å². The summed E-state index contributed by atoms with van der Waals surface area (Å²) in [6.45, 7) is 1.15. The van der Waals surface area contributed by atoms with E-state index in [1.165, 1.54) is 10.9 Å². The number of benzene rings is 1. The number of hydrogen-bond donors (Lipinski definition) is 5. The highest BCUT2D eigenvalue weighted by Gasteiger charge is 2.10. The highest BCUT2D eigenvalue weighted by molar-refractivity contribution is 5.84. The van der Waals surface area contributed by atoms with Crippen LogP contribution in [0.4, 0.5) is 11.8 Å². The minimum Gasteiger partial charge on any atom is -0.364 e. The molecule has 5 rings (SSSR count). The smallest absolute Gasteiger partial charge is 0.248 e. The summed E-state index contributed by atoms with van der Waals surface area (Å²) in [7, 11) is 0. The quantitative estimate of drug-likeness (QED) is 0.286. The van der Waals surface area contributed by atoms with E-state index in [0.717, 1.165) is 23.0 Å². The second kappa shape index (κ2) is 7.70. The van der Waals surface area contributed by atoms with Gasteiger partial charge in [0.2, 0.25) is 11.5 Å². The van der Waals surface area contributed by atoms with E-state index in [4.69, 9.17) is 0 Å². The zero-order valence-corrected chi connectivity index (χ0v) is 16.1. The van der Waals surface area contributed by atoms with Gasteiger partial charge in [-0.25, -0.2) is 4.98 Å². The van der Waals surface area contributed by atoms with Crippen LogP contribution in [0.5, 0.6) is 0 Å². The lowest BCUT2D eigenvalue weighted by atomic mass is 10.1. The van der Waals surface area contributed by atoms with Gasteiger partial charge in [0.05, 0.1) is 6.33 Å². The maximum atomic E-state index is 11.5. The molecule has 9 nitrogen and oxygen atoms in total. The number of nitrogens with zero attached hydrogens (tertiary/aromatic N) is 3. The summed E-state index contributed by atoms with van der Waals surface area (Å²) in [6.07, 6.45) is 6.09. The molecular weight excluding hydrogens is 380 g/mol. The second-order valence-corrected chi connectivity index (χ2v) is 6.95. The summed E-state index contributed by atoms with van der Waals surface area (Å²) in [5.41, 5.74) is 4.40. The SMILES string of the molecule is O=c1cc(CNc2nc(NCCc3c[nH]c4ccccc34)nc3nc[nH]c23)cc[nH]1. The van der Waals surface area contributed by atoms with Crippen molar-refractivity contribution < 1.29 is 0 Å². The molecule has 0 saturated carbocycles. The van der Waals surface area contributed by atoms with E-state index >= 15 is 0 Å². The van der Waals surface area contributed by atoms with Crippen molar-refractivity contribution >= 4 is 33.8 Å². The third-order valence-corrected chi connectivity index (χ3v) is 4.94. The van der Waals surface area contributed by atoms with Gasteiger partial charge in [0.25, 0.3) is 0 Å². The Morgan fingerprint density at radius 3 is 2.87 bits per heavy atom. The Labute approximate surface area is 171 Å². The van der Waals surface area contributed by atoms with Crippen LogP contribution in [-0.4, -0.2) is 36.4 Å². The lowest BCUT2D eigenvalue weighted by Crippen LogP contribution is -2.11. The maximum Gasteiger partial charge on any atom is 0.248 e. The Bertz CT molecular complexity index is 1370. The van der Waals surface area contributed by atoms with E-state index in [1.54, 1.807) is 18.6 Å². The first-order valence-electron chi connectivity index (χ1n) is 9.68. The molecule has 1 aromatic carbocycles. The molecule has 4 aromatic heterocycles. The van der Waals surface area contributed by atoms with Gasteiger partial charge in [0.1, 0.15) is 5.52 Å². The topological polar surface area (TPSA) is 127 Å².